The van der Waals surface area contributed by atoms with Crippen LogP contribution in [0.4, 0.5) is 22.7 Å². The highest BCUT2D eigenvalue weighted by Gasteiger charge is 2.12. The van der Waals surface area contributed by atoms with Gasteiger partial charge < -0.3 is 10.6 Å². The van der Waals surface area contributed by atoms with Crippen LogP contribution in [-0.4, -0.2) is 0 Å². The summed E-state index contributed by atoms with van der Waals surface area (Å²) in [4.78, 5) is 0. The molecule has 0 spiro atoms. The van der Waals surface area contributed by atoms with Crippen LogP contribution in [0.1, 0.15) is 0 Å². The molecule has 0 aliphatic carbocycles. The Morgan fingerprint density at radius 1 is 0.733 bits per heavy atom. The van der Waals surface area contributed by atoms with Gasteiger partial charge in [0.2, 0.25) is 0 Å². The summed E-state index contributed by atoms with van der Waals surface area (Å²) in [6.45, 7) is 0. The third-order valence-corrected chi connectivity index (χ3v) is 3.12. The second-order valence-electron chi connectivity index (χ2n) is 3.49. The third kappa shape index (κ3) is 1.56. The maximum absolute atomic E-state index is 3.41. The molecular formula is C12H9IN2. The predicted octanol–water partition coefficient (Wildman–Crippen LogP) is 4.09. The number of anilines is 4. The average Bonchev–Trinajstić information content (AvgIpc) is 2.26. The normalized spacial score (nSPS) is 12.1. The van der Waals surface area contributed by atoms with Gasteiger partial charge in [-0.25, -0.2) is 0 Å². The number of halogens is 1. The van der Waals surface area contributed by atoms with Crippen LogP contribution in [-0.2, 0) is 0 Å². The van der Waals surface area contributed by atoms with Crippen molar-refractivity contribution < 1.29 is 0 Å². The minimum absolute atomic E-state index is 1.13. The first kappa shape index (κ1) is 9.03. The second kappa shape index (κ2) is 3.41. The van der Waals surface area contributed by atoms with E-state index in [4.69, 9.17) is 0 Å². The molecule has 0 saturated carbocycles. The quantitative estimate of drug-likeness (QED) is 0.611. The van der Waals surface area contributed by atoms with Crippen molar-refractivity contribution in [3.05, 3.63) is 46.0 Å². The van der Waals surface area contributed by atoms with Gasteiger partial charge in [-0.15, -0.1) is 0 Å². The highest BCUT2D eigenvalue weighted by molar-refractivity contribution is 14.1. The molecule has 3 heteroatoms. The minimum atomic E-state index is 1.13. The molecule has 2 aromatic rings. The average molecular weight is 308 g/mol. The number of hydrogen-bond donors (Lipinski definition) is 2. The van der Waals surface area contributed by atoms with Crippen molar-refractivity contribution in [2.45, 2.75) is 0 Å². The van der Waals surface area contributed by atoms with Crippen molar-refractivity contribution in [2.24, 2.45) is 0 Å². The largest absolute Gasteiger partial charge is 0.352 e. The molecule has 0 saturated heterocycles. The van der Waals surface area contributed by atoms with Crippen molar-refractivity contribution in [1.82, 2.24) is 0 Å². The van der Waals surface area contributed by atoms with Crippen LogP contribution in [0, 0.1) is 3.57 Å². The van der Waals surface area contributed by atoms with E-state index in [0.29, 0.717) is 0 Å². The summed E-state index contributed by atoms with van der Waals surface area (Å²) in [5.74, 6) is 0. The van der Waals surface area contributed by atoms with E-state index < -0.39 is 0 Å². The second-order valence-corrected chi connectivity index (χ2v) is 4.73. The summed E-state index contributed by atoms with van der Waals surface area (Å²) in [5.41, 5.74) is 4.54. The van der Waals surface area contributed by atoms with Crippen LogP contribution in [0.25, 0.3) is 0 Å². The van der Waals surface area contributed by atoms with Gasteiger partial charge in [-0.05, 0) is 52.9 Å². The van der Waals surface area contributed by atoms with Crippen molar-refractivity contribution in [1.29, 1.82) is 0 Å². The Kier molecular flexibility index (Phi) is 2.05. The highest BCUT2D eigenvalue weighted by Crippen LogP contribution is 2.38. The molecule has 2 nitrogen and oxygen atoms in total. The molecule has 1 aliphatic rings. The fourth-order valence-corrected chi connectivity index (χ4v) is 2.21. The Labute approximate surface area is 102 Å². The molecule has 15 heavy (non-hydrogen) atoms. The molecule has 3 rings (SSSR count). The zero-order valence-corrected chi connectivity index (χ0v) is 10.1. The van der Waals surface area contributed by atoms with E-state index in [2.05, 4.69) is 63.6 Å². The monoisotopic (exact) mass is 308 g/mol. The minimum Gasteiger partial charge on any atom is -0.352 e. The predicted molar refractivity (Wildman–Crippen MR) is 72.2 cm³/mol. The van der Waals surface area contributed by atoms with E-state index in [1.165, 1.54) is 3.57 Å². The van der Waals surface area contributed by atoms with E-state index in [9.17, 15) is 0 Å². The molecule has 0 aromatic heterocycles. The number of rotatable bonds is 0. The van der Waals surface area contributed by atoms with Gasteiger partial charge in [0.05, 0.1) is 22.7 Å². The smallest absolute Gasteiger partial charge is 0.0634 e. The first-order valence-electron chi connectivity index (χ1n) is 4.75. The third-order valence-electron chi connectivity index (χ3n) is 2.45. The Bertz CT molecular complexity index is 523. The highest BCUT2D eigenvalue weighted by atomic mass is 127. The molecule has 1 heterocycles. The lowest BCUT2D eigenvalue weighted by Crippen LogP contribution is -2.05. The first-order valence-corrected chi connectivity index (χ1v) is 5.83. The zero-order valence-electron chi connectivity index (χ0n) is 7.92. The molecule has 0 atom stereocenters. The molecule has 0 fully saturated rings. The van der Waals surface area contributed by atoms with Crippen molar-refractivity contribution in [2.75, 3.05) is 10.6 Å². The zero-order chi connectivity index (χ0) is 10.3. The molecule has 0 bridgehead atoms. The Balaban J connectivity index is 2.11. The molecule has 74 valence electrons. The molecular weight excluding hydrogens is 299 g/mol. The van der Waals surface area contributed by atoms with Crippen molar-refractivity contribution in [3.63, 3.8) is 0 Å². The number of fused-ring (bicyclic) bond motifs is 2. The van der Waals surface area contributed by atoms with E-state index in [1.807, 2.05) is 12.1 Å². The summed E-state index contributed by atoms with van der Waals surface area (Å²) in [5, 5.41) is 6.82. The fraction of sp³-hybridized carbons (Fsp3) is 0. The SMILES string of the molecule is Ic1ccc2c(c1)Nc1ccccc1N2. The summed E-state index contributed by atoms with van der Waals surface area (Å²) in [7, 11) is 0. The van der Waals surface area contributed by atoms with E-state index in [1.54, 1.807) is 0 Å². The Hall–Kier alpha value is -1.23. The number of nitrogens with one attached hydrogen (secondary N) is 2. The van der Waals surface area contributed by atoms with Crippen LogP contribution in [0.15, 0.2) is 42.5 Å². The molecule has 0 radical (unpaired) electrons. The maximum Gasteiger partial charge on any atom is 0.0634 e. The van der Waals surface area contributed by atoms with Crippen LogP contribution in [0.5, 0.6) is 0 Å². The van der Waals surface area contributed by atoms with Gasteiger partial charge in [-0.1, -0.05) is 12.1 Å². The lowest BCUT2D eigenvalue weighted by Gasteiger charge is -2.22. The van der Waals surface area contributed by atoms with Crippen molar-refractivity contribution >= 4 is 45.3 Å². The molecule has 2 aromatic carbocycles. The summed E-state index contributed by atoms with van der Waals surface area (Å²) in [6, 6.07) is 14.5. The van der Waals surface area contributed by atoms with Gasteiger partial charge in [0.25, 0.3) is 0 Å². The van der Waals surface area contributed by atoms with Gasteiger partial charge in [0.15, 0.2) is 0 Å². The fourth-order valence-electron chi connectivity index (χ4n) is 1.72. The lowest BCUT2D eigenvalue weighted by atomic mass is 10.1. The maximum atomic E-state index is 3.41. The van der Waals surface area contributed by atoms with Crippen LogP contribution >= 0.6 is 22.6 Å². The topological polar surface area (TPSA) is 24.1 Å². The molecule has 0 unspecified atom stereocenters. The summed E-state index contributed by atoms with van der Waals surface area (Å²) >= 11 is 2.32. The summed E-state index contributed by atoms with van der Waals surface area (Å²) < 4.78 is 1.24. The number of para-hydroxylation sites is 2. The number of benzene rings is 2. The lowest BCUT2D eigenvalue weighted by molar-refractivity contribution is 1.44. The van der Waals surface area contributed by atoms with Crippen molar-refractivity contribution in [3.8, 4) is 0 Å². The van der Waals surface area contributed by atoms with E-state index in [0.717, 1.165) is 22.7 Å². The standard InChI is InChI=1S/C12H9IN2/c13-8-5-6-11-12(7-8)15-10-4-2-1-3-9(10)14-11/h1-7,14-15H. The van der Waals surface area contributed by atoms with E-state index >= 15 is 0 Å². The van der Waals surface area contributed by atoms with Crippen LogP contribution < -0.4 is 10.6 Å². The van der Waals surface area contributed by atoms with Crippen LogP contribution in [0.2, 0.25) is 0 Å². The molecule has 0 amide bonds. The molecule has 2 N–H and O–H groups in total. The van der Waals surface area contributed by atoms with Gasteiger partial charge in [-0.2, -0.15) is 0 Å². The summed E-state index contributed by atoms with van der Waals surface area (Å²) in [6.07, 6.45) is 0. The van der Waals surface area contributed by atoms with Gasteiger partial charge >= 0.3 is 0 Å². The van der Waals surface area contributed by atoms with Gasteiger partial charge in [-0.3, -0.25) is 0 Å². The Morgan fingerprint density at radius 3 is 2.07 bits per heavy atom. The molecule has 1 aliphatic heterocycles. The Morgan fingerprint density at radius 2 is 1.33 bits per heavy atom. The first-order chi connectivity index (χ1) is 7.33. The van der Waals surface area contributed by atoms with Gasteiger partial charge in [0.1, 0.15) is 0 Å². The number of hydrogen-bond acceptors (Lipinski definition) is 2. The van der Waals surface area contributed by atoms with Gasteiger partial charge in [0, 0.05) is 3.57 Å². The van der Waals surface area contributed by atoms with Crippen LogP contribution in [0.3, 0.4) is 0 Å². The van der Waals surface area contributed by atoms with E-state index in [-0.39, 0.29) is 0 Å².